The van der Waals surface area contributed by atoms with E-state index in [0.29, 0.717) is 25.3 Å². The van der Waals surface area contributed by atoms with Gasteiger partial charge in [0, 0.05) is 39.3 Å². The SMILES string of the molecule is Cc1cc(C(=O)N2CCCC(N(CCN3CCCCC3)S(C)(=O)=O)C2)n(C)n1. The van der Waals surface area contributed by atoms with Gasteiger partial charge >= 0.3 is 0 Å². The van der Waals surface area contributed by atoms with Crippen molar-refractivity contribution in [1.82, 2.24) is 23.9 Å². The summed E-state index contributed by atoms with van der Waals surface area (Å²) >= 11 is 0. The van der Waals surface area contributed by atoms with E-state index in [1.807, 2.05) is 6.92 Å². The molecule has 158 valence electrons. The van der Waals surface area contributed by atoms with E-state index >= 15 is 0 Å². The van der Waals surface area contributed by atoms with Crippen molar-refractivity contribution >= 4 is 15.9 Å². The molecule has 1 amide bonds. The fraction of sp³-hybridized carbons (Fsp3) is 0.789. The highest BCUT2D eigenvalue weighted by molar-refractivity contribution is 7.88. The standard InChI is InChI=1S/C19H33N5O3S/c1-16-14-18(21(2)20-16)19(25)23-11-7-8-17(15-23)24(28(3,26)27)13-12-22-9-5-4-6-10-22/h14,17H,4-13,15H2,1-3H3. The van der Waals surface area contributed by atoms with Crippen molar-refractivity contribution in [1.29, 1.82) is 0 Å². The number of aromatic nitrogens is 2. The van der Waals surface area contributed by atoms with Crippen molar-refractivity contribution in [3.8, 4) is 0 Å². The number of aryl methyl sites for hydroxylation is 2. The summed E-state index contributed by atoms with van der Waals surface area (Å²) in [7, 11) is -1.57. The number of sulfonamides is 1. The van der Waals surface area contributed by atoms with Crippen LogP contribution in [0.3, 0.4) is 0 Å². The minimum atomic E-state index is -3.33. The largest absolute Gasteiger partial charge is 0.336 e. The van der Waals surface area contributed by atoms with Crippen molar-refractivity contribution in [2.24, 2.45) is 7.05 Å². The average molecular weight is 412 g/mol. The molecule has 2 aliphatic heterocycles. The van der Waals surface area contributed by atoms with Crippen LogP contribution in [0.25, 0.3) is 0 Å². The predicted molar refractivity (Wildman–Crippen MR) is 109 cm³/mol. The highest BCUT2D eigenvalue weighted by Gasteiger charge is 2.33. The van der Waals surface area contributed by atoms with E-state index in [1.54, 1.807) is 27.0 Å². The third kappa shape index (κ3) is 5.12. The Balaban J connectivity index is 1.68. The summed E-state index contributed by atoms with van der Waals surface area (Å²) in [6, 6.07) is 1.63. The molecule has 2 aliphatic rings. The Labute approximate surface area is 168 Å². The number of hydrogen-bond acceptors (Lipinski definition) is 5. The van der Waals surface area contributed by atoms with E-state index in [9.17, 15) is 13.2 Å². The van der Waals surface area contributed by atoms with Crippen LogP contribution in [-0.4, -0.2) is 89.8 Å². The molecule has 1 unspecified atom stereocenters. The Morgan fingerprint density at radius 1 is 1.21 bits per heavy atom. The summed E-state index contributed by atoms with van der Waals surface area (Å²) in [5.74, 6) is -0.0720. The molecule has 0 bridgehead atoms. The van der Waals surface area contributed by atoms with Crippen LogP contribution in [0.5, 0.6) is 0 Å². The number of nitrogens with zero attached hydrogens (tertiary/aromatic N) is 5. The quantitative estimate of drug-likeness (QED) is 0.700. The lowest BCUT2D eigenvalue weighted by molar-refractivity contribution is 0.0636. The lowest BCUT2D eigenvalue weighted by Gasteiger charge is -2.39. The number of likely N-dealkylation sites (tertiary alicyclic amines) is 2. The number of carbonyl (C=O) groups is 1. The molecule has 1 aromatic heterocycles. The minimum Gasteiger partial charge on any atom is -0.336 e. The Kier molecular flexibility index (Phi) is 6.77. The maximum atomic E-state index is 12.9. The van der Waals surface area contributed by atoms with Crippen LogP contribution in [-0.2, 0) is 17.1 Å². The first-order valence-electron chi connectivity index (χ1n) is 10.2. The van der Waals surface area contributed by atoms with Crippen molar-refractivity contribution in [3.05, 3.63) is 17.5 Å². The zero-order valence-corrected chi connectivity index (χ0v) is 18.1. The van der Waals surface area contributed by atoms with Gasteiger partial charge in [-0.15, -0.1) is 0 Å². The number of piperidine rings is 2. The Bertz CT molecular complexity index is 785. The van der Waals surface area contributed by atoms with Crippen molar-refractivity contribution in [2.75, 3.05) is 45.5 Å². The van der Waals surface area contributed by atoms with Gasteiger partial charge in [0.15, 0.2) is 0 Å². The molecule has 0 aliphatic carbocycles. The van der Waals surface area contributed by atoms with Gasteiger partial charge in [-0.1, -0.05) is 6.42 Å². The van der Waals surface area contributed by atoms with Crippen LogP contribution < -0.4 is 0 Å². The summed E-state index contributed by atoms with van der Waals surface area (Å²) in [5.41, 5.74) is 1.36. The maximum Gasteiger partial charge on any atom is 0.272 e. The van der Waals surface area contributed by atoms with E-state index < -0.39 is 10.0 Å². The summed E-state index contributed by atoms with van der Waals surface area (Å²) in [4.78, 5) is 17.1. The van der Waals surface area contributed by atoms with E-state index in [4.69, 9.17) is 0 Å². The molecule has 28 heavy (non-hydrogen) atoms. The van der Waals surface area contributed by atoms with E-state index in [1.165, 1.54) is 25.5 Å². The zero-order chi connectivity index (χ0) is 20.3. The molecule has 9 heteroatoms. The maximum absolute atomic E-state index is 12.9. The van der Waals surface area contributed by atoms with E-state index in [2.05, 4.69) is 10.00 Å². The van der Waals surface area contributed by atoms with E-state index in [-0.39, 0.29) is 11.9 Å². The highest BCUT2D eigenvalue weighted by Crippen LogP contribution is 2.21. The van der Waals surface area contributed by atoms with Crippen LogP contribution in [0, 0.1) is 6.92 Å². The summed E-state index contributed by atoms with van der Waals surface area (Å²) in [6.07, 6.45) is 6.53. The lowest BCUT2D eigenvalue weighted by Crippen LogP contribution is -2.53. The second kappa shape index (κ2) is 8.92. The molecule has 3 rings (SSSR count). The molecule has 8 nitrogen and oxygen atoms in total. The van der Waals surface area contributed by atoms with Crippen molar-refractivity contribution in [2.45, 2.75) is 45.1 Å². The van der Waals surface area contributed by atoms with Gasteiger partial charge in [-0.25, -0.2) is 8.42 Å². The Morgan fingerprint density at radius 2 is 1.93 bits per heavy atom. The molecule has 0 saturated carbocycles. The van der Waals surface area contributed by atoms with Gasteiger partial charge < -0.3 is 9.80 Å². The normalized spacial score (nSPS) is 22.0. The second-order valence-electron chi connectivity index (χ2n) is 8.12. The van der Waals surface area contributed by atoms with Crippen LogP contribution >= 0.6 is 0 Å². The van der Waals surface area contributed by atoms with Gasteiger partial charge in [0.05, 0.1) is 11.9 Å². The average Bonchev–Trinajstić information content (AvgIpc) is 2.99. The van der Waals surface area contributed by atoms with Gasteiger partial charge in [-0.05, 0) is 51.8 Å². The third-order valence-corrected chi connectivity index (χ3v) is 7.16. The minimum absolute atomic E-state index is 0.0720. The fourth-order valence-corrected chi connectivity index (χ4v) is 5.52. The molecule has 0 aromatic carbocycles. The van der Waals surface area contributed by atoms with Crippen LogP contribution in [0.4, 0.5) is 0 Å². The highest BCUT2D eigenvalue weighted by atomic mass is 32.2. The fourth-order valence-electron chi connectivity index (χ4n) is 4.39. The second-order valence-corrected chi connectivity index (χ2v) is 10.1. The number of amides is 1. The number of rotatable bonds is 6. The molecular weight excluding hydrogens is 378 g/mol. The lowest BCUT2D eigenvalue weighted by atomic mass is 10.0. The van der Waals surface area contributed by atoms with Gasteiger partial charge in [0.2, 0.25) is 10.0 Å². The molecular formula is C19H33N5O3S. The summed E-state index contributed by atoms with van der Waals surface area (Å²) in [6.45, 7) is 6.31. The Morgan fingerprint density at radius 3 is 2.54 bits per heavy atom. The first-order valence-corrected chi connectivity index (χ1v) is 12.1. The van der Waals surface area contributed by atoms with Crippen LogP contribution in [0.15, 0.2) is 6.07 Å². The summed E-state index contributed by atoms with van der Waals surface area (Å²) < 4.78 is 28.2. The van der Waals surface area contributed by atoms with Crippen LogP contribution in [0.1, 0.15) is 48.3 Å². The number of hydrogen-bond donors (Lipinski definition) is 0. The smallest absolute Gasteiger partial charge is 0.272 e. The third-order valence-electron chi connectivity index (χ3n) is 5.82. The Hall–Kier alpha value is -1.45. The van der Waals surface area contributed by atoms with E-state index in [0.717, 1.165) is 38.2 Å². The molecule has 3 heterocycles. The molecule has 1 aromatic rings. The van der Waals surface area contributed by atoms with Gasteiger partial charge in [-0.2, -0.15) is 9.40 Å². The first kappa shape index (κ1) is 21.3. The van der Waals surface area contributed by atoms with Gasteiger partial charge in [0.1, 0.15) is 5.69 Å². The van der Waals surface area contributed by atoms with Crippen molar-refractivity contribution in [3.63, 3.8) is 0 Å². The van der Waals surface area contributed by atoms with Gasteiger partial charge in [-0.3, -0.25) is 9.48 Å². The first-order chi connectivity index (χ1) is 13.3. The van der Waals surface area contributed by atoms with Gasteiger partial charge in [0.25, 0.3) is 5.91 Å². The topological polar surface area (TPSA) is 78.8 Å². The molecule has 2 saturated heterocycles. The molecule has 0 spiro atoms. The van der Waals surface area contributed by atoms with Crippen LogP contribution in [0.2, 0.25) is 0 Å². The molecule has 0 N–H and O–H groups in total. The zero-order valence-electron chi connectivity index (χ0n) is 17.3. The predicted octanol–water partition coefficient (Wildman–Crippen LogP) is 1.08. The molecule has 1 atom stereocenters. The monoisotopic (exact) mass is 411 g/mol. The van der Waals surface area contributed by atoms with Crippen molar-refractivity contribution < 1.29 is 13.2 Å². The number of carbonyl (C=O) groups excluding carboxylic acids is 1. The molecule has 2 fully saturated rings. The molecule has 0 radical (unpaired) electrons. The summed E-state index contributed by atoms with van der Waals surface area (Å²) in [5, 5.41) is 4.26.